The van der Waals surface area contributed by atoms with Crippen LogP contribution >= 0.6 is 0 Å². The van der Waals surface area contributed by atoms with Crippen molar-refractivity contribution < 1.29 is 28.9 Å². The van der Waals surface area contributed by atoms with Crippen molar-refractivity contribution in [1.29, 1.82) is 0 Å². The molecule has 1 aliphatic rings. The second-order valence-electron chi connectivity index (χ2n) is 13.0. The number of rotatable bonds is 2. The molecular formula is C39H37FN4O5. The molecule has 49 heavy (non-hydrogen) atoms. The summed E-state index contributed by atoms with van der Waals surface area (Å²) in [6.45, 7) is 9.34. The average Bonchev–Trinajstić information content (AvgIpc) is 3.46. The maximum absolute atomic E-state index is 14.4. The van der Waals surface area contributed by atoms with Crippen LogP contribution in [0.5, 0.6) is 11.5 Å². The number of carboxylic acids is 1. The van der Waals surface area contributed by atoms with E-state index in [1.807, 2.05) is 80.6 Å². The predicted molar refractivity (Wildman–Crippen MR) is 185 cm³/mol. The van der Waals surface area contributed by atoms with Crippen molar-refractivity contribution in [2.45, 2.75) is 59.9 Å². The number of hydrogen-bond donors (Lipinski definition) is 2. The van der Waals surface area contributed by atoms with Gasteiger partial charge in [0.05, 0.1) is 34.8 Å². The summed E-state index contributed by atoms with van der Waals surface area (Å²) in [6.07, 6.45) is -0.219. The lowest BCUT2D eigenvalue weighted by atomic mass is 10.0. The molecule has 0 saturated carbocycles. The molecule has 4 heterocycles. The summed E-state index contributed by atoms with van der Waals surface area (Å²) in [5.41, 5.74) is 7.94. The van der Waals surface area contributed by atoms with Crippen LogP contribution in [-0.4, -0.2) is 41.4 Å². The maximum Gasteiger partial charge on any atom is 0.307 e. The number of aryl methyl sites for hydroxylation is 2. The molecular weight excluding hydrogens is 623 g/mol. The highest BCUT2D eigenvalue weighted by Crippen LogP contribution is 2.36. The lowest BCUT2D eigenvalue weighted by Crippen LogP contribution is -2.10. The lowest BCUT2D eigenvalue weighted by Gasteiger charge is -2.16. The zero-order chi connectivity index (χ0) is 34.9. The molecule has 0 atom stereocenters. The standard InChI is InChI=1S/C35H27FN4O4.C4H10O/c1-20-9-10-24-14-31(20)43-18-26-7-4-8-27(38-26)19-44-32-15-25(36)11-12-28(32)22-5-3-6-23(13-22)30-17-33-37-21(2)29(16-34(41)42)35(24)40(33)39-30;1-4(2,3)5/h3-15,17H,16,18-19H2,1-2H3,(H,41,42);5H,1-3H3. The van der Waals surface area contributed by atoms with Gasteiger partial charge in [-0.05, 0) is 82.1 Å². The van der Waals surface area contributed by atoms with E-state index in [2.05, 4.69) is 0 Å². The van der Waals surface area contributed by atoms with E-state index in [1.54, 1.807) is 31.4 Å². The van der Waals surface area contributed by atoms with E-state index in [0.717, 1.165) is 27.8 Å². The van der Waals surface area contributed by atoms with Gasteiger partial charge in [-0.1, -0.05) is 36.4 Å². The first kappa shape index (κ1) is 33.3. The molecule has 0 saturated heterocycles. The maximum atomic E-state index is 14.4. The summed E-state index contributed by atoms with van der Waals surface area (Å²) < 4.78 is 28.5. The van der Waals surface area contributed by atoms with Gasteiger partial charge in [-0.2, -0.15) is 5.10 Å². The monoisotopic (exact) mass is 660 g/mol. The molecule has 0 amide bonds. The van der Waals surface area contributed by atoms with E-state index in [0.29, 0.717) is 51.2 Å². The van der Waals surface area contributed by atoms with Crippen molar-refractivity contribution >= 4 is 11.6 Å². The summed E-state index contributed by atoms with van der Waals surface area (Å²) in [4.78, 5) is 21.4. The number of fused-ring (bicyclic) bond motifs is 11. The van der Waals surface area contributed by atoms with Gasteiger partial charge in [-0.15, -0.1) is 0 Å². The Labute approximate surface area is 283 Å². The smallest absolute Gasteiger partial charge is 0.307 e. The molecule has 8 bridgehead atoms. The van der Waals surface area contributed by atoms with Crippen LogP contribution in [0.15, 0.2) is 84.9 Å². The van der Waals surface area contributed by atoms with E-state index in [-0.39, 0.29) is 19.6 Å². The highest BCUT2D eigenvalue weighted by molar-refractivity contribution is 5.80. The molecule has 10 heteroatoms. The van der Waals surface area contributed by atoms with E-state index < -0.39 is 17.4 Å². The number of pyridine rings is 1. The number of ether oxygens (including phenoxy) is 2. The molecule has 3 aromatic heterocycles. The Balaban J connectivity index is 0.000000778. The SMILES string of the molecule is CC(C)(C)O.Cc1ccc2cc1OCc1cccc(n1)COc1cc(F)ccc1-c1cccc(c1)-c1cc3nc(C)c(CC(=O)O)c-2n3n1. The van der Waals surface area contributed by atoms with Crippen LogP contribution in [-0.2, 0) is 24.4 Å². The van der Waals surface area contributed by atoms with Crippen LogP contribution in [0.25, 0.3) is 39.3 Å². The number of carbonyl (C=O) groups is 1. The van der Waals surface area contributed by atoms with Gasteiger partial charge < -0.3 is 19.7 Å². The Bertz CT molecular complexity index is 2180. The first-order chi connectivity index (χ1) is 23.3. The molecule has 9 nitrogen and oxygen atoms in total. The Kier molecular flexibility index (Phi) is 9.16. The number of hydrogen-bond acceptors (Lipinski definition) is 7. The zero-order valence-corrected chi connectivity index (χ0v) is 28.0. The Hall–Kier alpha value is -5.61. The summed E-state index contributed by atoms with van der Waals surface area (Å²) in [5, 5.41) is 23.3. The minimum atomic E-state index is -0.965. The third-order valence-electron chi connectivity index (χ3n) is 7.73. The van der Waals surface area contributed by atoms with Crippen molar-refractivity contribution in [1.82, 2.24) is 19.6 Å². The van der Waals surface area contributed by atoms with Gasteiger partial charge >= 0.3 is 5.97 Å². The summed E-state index contributed by atoms with van der Waals surface area (Å²) in [6, 6.07) is 25.5. The second kappa shape index (κ2) is 13.5. The van der Waals surface area contributed by atoms with Crippen LogP contribution in [0.4, 0.5) is 4.39 Å². The molecule has 250 valence electrons. The molecule has 7 rings (SSSR count). The number of aliphatic carboxylic acids is 1. The molecule has 0 unspecified atom stereocenters. The minimum Gasteiger partial charge on any atom is -0.487 e. The quantitative estimate of drug-likeness (QED) is 0.194. The van der Waals surface area contributed by atoms with Gasteiger partial charge in [0.25, 0.3) is 0 Å². The van der Waals surface area contributed by atoms with Crippen molar-refractivity contribution in [3.63, 3.8) is 0 Å². The predicted octanol–water partition coefficient (Wildman–Crippen LogP) is 7.76. The number of carboxylic acid groups (broad SMARTS) is 1. The van der Waals surface area contributed by atoms with Gasteiger partial charge in [-0.25, -0.2) is 13.9 Å². The third-order valence-corrected chi connectivity index (χ3v) is 7.73. The third kappa shape index (κ3) is 7.76. The van der Waals surface area contributed by atoms with Crippen LogP contribution in [0, 0.1) is 19.7 Å². The highest BCUT2D eigenvalue weighted by atomic mass is 19.1. The fourth-order valence-corrected chi connectivity index (χ4v) is 5.55. The molecule has 0 spiro atoms. The second-order valence-corrected chi connectivity index (χ2v) is 13.0. The number of aromatic nitrogens is 4. The van der Waals surface area contributed by atoms with Crippen LogP contribution in [0.2, 0.25) is 0 Å². The van der Waals surface area contributed by atoms with Gasteiger partial charge in [-0.3, -0.25) is 9.78 Å². The van der Waals surface area contributed by atoms with Gasteiger partial charge in [0.2, 0.25) is 0 Å². The first-order valence-electron chi connectivity index (χ1n) is 15.9. The largest absolute Gasteiger partial charge is 0.487 e. The van der Waals surface area contributed by atoms with E-state index in [9.17, 15) is 14.3 Å². The van der Waals surface area contributed by atoms with Crippen molar-refractivity contribution in [2.24, 2.45) is 0 Å². The van der Waals surface area contributed by atoms with Gasteiger partial charge in [0.1, 0.15) is 30.5 Å². The van der Waals surface area contributed by atoms with Crippen molar-refractivity contribution in [3.05, 3.63) is 119 Å². The number of benzene rings is 3. The fourth-order valence-electron chi connectivity index (χ4n) is 5.55. The van der Waals surface area contributed by atoms with Crippen LogP contribution in [0.3, 0.4) is 0 Å². The normalized spacial score (nSPS) is 12.4. The Morgan fingerprint density at radius 2 is 1.51 bits per heavy atom. The van der Waals surface area contributed by atoms with E-state index in [1.165, 1.54) is 12.1 Å². The molecule has 2 N–H and O–H groups in total. The first-order valence-corrected chi connectivity index (χ1v) is 15.9. The highest BCUT2D eigenvalue weighted by Gasteiger charge is 2.21. The number of nitrogens with zero attached hydrogens (tertiary/aromatic N) is 4. The molecule has 3 aromatic carbocycles. The van der Waals surface area contributed by atoms with E-state index >= 15 is 0 Å². The van der Waals surface area contributed by atoms with Crippen LogP contribution in [0.1, 0.15) is 49.0 Å². The lowest BCUT2D eigenvalue weighted by molar-refractivity contribution is -0.136. The van der Waals surface area contributed by atoms with Crippen molar-refractivity contribution in [3.8, 4) is 45.1 Å². The van der Waals surface area contributed by atoms with Crippen LogP contribution < -0.4 is 9.47 Å². The van der Waals surface area contributed by atoms with Crippen molar-refractivity contribution in [2.75, 3.05) is 0 Å². The molecule has 0 aliphatic carbocycles. The summed E-state index contributed by atoms with van der Waals surface area (Å²) >= 11 is 0. The molecule has 0 fully saturated rings. The average molecular weight is 661 g/mol. The Morgan fingerprint density at radius 1 is 0.837 bits per heavy atom. The summed E-state index contributed by atoms with van der Waals surface area (Å²) in [5.74, 6) is -0.342. The topological polar surface area (TPSA) is 119 Å². The van der Waals surface area contributed by atoms with E-state index in [4.69, 9.17) is 29.6 Å². The summed E-state index contributed by atoms with van der Waals surface area (Å²) in [7, 11) is 0. The molecule has 1 aliphatic heterocycles. The Morgan fingerprint density at radius 3 is 2.22 bits per heavy atom. The number of aliphatic hydroxyl groups is 1. The van der Waals surface area contributed by atoms with Gasteiger partial charge in [0.15, 0.2) is 5.65 Å². The molecule has 0 radical (unpaired) electrons. The zero-order valence-electron chi connectivity index (χ0n) is 28.0. The minimum absolute atomic E-state index is 0.143. The fraction of sp³-hybridized carbons (Fsp3) is 0.231. The molecule has 6 aromatic rings. The number of halogens is 1. The van der Waals surface area contributed by atoms with Gasteiger partial charge in [0, 0.05) is 40.1 Å².